The summed E-state index contributed by atoms with van der Waals surface area (Å²) < 4.78 is 25.0. The maximum absolute atomic E-state index is 12.5. The summed E-state index contributed by atoms with van der Waals surface area (Å²) in [5.74, 6) is 0.213. The quantitative estimate of drug-likeness (QED) is 0.853. The predicted octanol–water partition coefficient (Wildman–Crippen LogP) is 3.00. The summed E-state index contributed by atoms with van der Waals surface area (Å²) in [5.41, 5.74) is 1.45. The van der Waals surface area contributed by atoms with Gasteiger partial charge in [0.15, 0.2) is 4.91 Å². The number of hydrogen-bond acceptors (Lipinski definition) is 6. The first-order chi connectivity index (χ1) is 10.8. The molecule has 0 spiro atoms. The summed E-state index contributed by atoms with van der Waals surface area (Å²) in [4.78, 5) is 7.63. The van der Waals surface area contributed by atoms with E-state index in [1.54, 1.807) is 32.0 Å². The van der Waals surface area contributed by atoms with E-state index >= 15 is 0 Å². The zero-order valence-electron chi connectivity index (χ0n) is 12.4. The van der Waals surface area contributed by atoms with Crippen LogP contribution in [0.2, 0.25) is 5.02 Å². The number of hydrogen-bond donors (Lipinski definition) is 1. The highest BCUT2D eigenvalue weighted by atomic mass is 35.5. The van der Waals surface area contributed by atoms with Gasteiger partial charge in [0.05, 0.1) is 9.92 Å². The van der Waals surface area contributed by atoms with Crippen LogP contribution in [0.3, 0.4) is 0 Å². The highest BCUT2D eigenvalue weighted by Gasteiger charge is 2.23. The first-order valence-corrected chi connectivity index (χ1v) is 8.39. The maximum atomic E-state index is 12.5. The molecule has 0 amide bonds. The average Bonchev–Trinajstić information content (AvgIpc) is 2.47. The molecule has 23 heavy (non-hydrogen) atoms. The van der Waals surface area contributed by atoms with E-state index < -0.39 is 14.7 Å². The van der Waals surface area contributed by atoms with Crippen molar-refractivity contribution in [2.75, 3.05) is 5.32 Å². The number of aryl methyl sites for hydroxylation is 2. The lowest BCUT2D eigenvalue weighted by Gasteiger charge is -2.06. The molecule has 0 aliphatic rings. The van der Waals surface area contributed by atoms with Crippen LogP contribution in [0, 0.1) is 25.2 Å². The SMILES string of the molecule is Cc1cc(C)nc(NC=C(C#N)S(=O)(=O)c2ccccc2Cl)n1. The largest absolute Gasteiger partial charge is 0.329 e. The molecule has 118 valence electrons. The number of nitrogens with one attached hydrogen (secondary N) is 1. The van der Waals surface area contributed by atoms with Gasteiger partial charge < -0.3 is 5.32 Å². The van der Waals surface area contributed by atoms with Gasteiger partial charge in [-0.2, -0.15) is 5.26 Å². The van der Waals surface area contributed by atoms with Crippen molar-refractivity contribution >= 4 is 27.4 Å². The standard InChI is InChI=1S/C15H13ClN4O2S/c1-10-7-11(2)20-15(19-10)18-9-12(8-17)23(21,22)14-6-4-3-5-13(14)16/h3-7,9H,1-2H3,(H,18,19,20). The minimum absolute atomic E-state index is 0.0521. The molecule has 0 aliphatic carbocycles. The fraction of sp³-hybridized carbons (Fsp3) is 0.133. The van der Waals surface area contributed by atoms with E-state index in [-0.39, 0.29) is 15.9 Å². The molecule has 1 heterocycles. The molecule has 8 heteroatoms. The van der Waals surface area contributed by atoms with Gasteiger partial charge in [-0.05, 0) is 32.0 Å². The van der Waals surface area contributed by atoms with Gasteiger partial charge in [-0.25, -0.2) is 18.4 Å². The molecule has 2 rings (SSSR count). The maximum Gasteiger partial charge on any atom is 0.227 e. The predicted molar refractivity (Wildman–Crippen MR) is 87.5 cm³/mol. The first-order valence-electron chi connectivity index (χ1n) is 6.53. The van der Waals surface area contributed by atoms with Crippen LogP contribution < -0.4 is 5.32 Å². The first kappa shape index (κ1) is 16.9. The van der Waals surface area contributed by atoms with E-state index in [0.29, 0.717) is 0 Å². The van der Waals surface area contributed by atoms with Gasteiger partial charge in [0, 0.05) is 17.6 Å². The molecule has 0 bridgehead atoms. The number of nitrogens with zero attached hydrogens (tertiary/aromatic N) is 3. The molecule has 1 aromatic carbocycles. The molecule has 0 aliphatic heterocycles. The van der Waals surface area contributed by atoms with E-state index in [1.807, 2.05) is 0 Å². The third kappa shape index (κ3) is 3.86. The van der Waals surface area contributed by atoms with Crippen LogP contribution in [-0.2, 0) is 9.84 Å². The van der Waals surface area contributed by atoms with Gasteiger partial charge in [0.2, 0.25) is 15.8 Å². The highest BCUT2D eigenvalue weighted by Crippen LogP contribution is 2.26. The molecular weight excluding hydrogens is 336 g/mol. The molecule has 0 radical (unpaired) electrons. The van der Waals surface area contributed by atoms with Crippen LogP contribution in [0.4, 0.5) is 5.95 Å². The van der Waals surface area contributed by atoms with Crippen molar-refractivity contribution in [3.05, 3.63) is 57.8 Å². The van der Waals surface area contributed by atoms with Crippen LogP contribution >= 0.6 is 11.6 Å². The Morgan fingerprint density at radius 1 is 1.26 bits per heavy atom. The zero-order valence-corrected chi connectivity index (χ0v) is 14.0. The number of nitriles is 1. The minimum Gasteiger partial charge on any atom is -0.329 e. The number of halogens is 1. The number of sulfone groups is 1. The van der Waals surface area contributed by atoms with Gasteiger partial charge in [-0.15, -0.1) is 0 Å². The van der Waals surface area contributed by atoms with Crippen LogP contribution in [0.1, 0.15) is 11.4 Å². The van der Waals surface area contributed by atoms with Crippen molar-refractivity contribution in [3.8, 4) is 6.07 Å². The average molecular weight is 349 g/mol. The Morgan fingerprint density at radius 3 is 2.43 bits per heavy atom. The lowest BCUT2D eigenvalue weighted by molar-refractivity contribution is 0.603. The number of allylic oxidation sites excluding steroid dienone is 1. The molecule has 0 saturated heterocycles. The Labute approximate surface area is 139 Å². The van der Waals surface area contributed by atoms with Gasteiger partial charge in [-0.1, -0.05) is 23.7 Å². The number of benzene rings is 1. The van der Waals surface area contributed by atoms with Crippen LogP contribution in [0.25, 0.3) is 0 Å². The van der Waals surface area contributed by atoms with Crippen molar-refractivity contribution in [1.82, 2.24) is 9.97 Å². The van der Waals surface area contributed by atoms with Gasteiger partial charge >= 0.3 is 0 Å². The van der Waals surface area contributed by atoms with Crippen LogP contribution in [-0.4, -0.2) is 18.4 Å². The Kier molecular flexibility index (Phi) is 4.98. The monoisotopic (exact) mass is 348 g/mol. The molecule has 0 fully saturated rings. The van der Waals surface area contributed by atoms with E-state index in [4.69, 9.17) is 11.6 Å². The molecule has 1 N–H and O–H groups in total. The molecule has 0 saturated carbocycles. The minimum atomic E-state index is -4.02. The summed E-state index contributed by atoms with van der Waals surface area (Å²) in [6, 6.07) is 9.38. The summed E-state index contributed by atoms with van der Waals surface area (Å²) in [7, 11) is -4.02. The molecular formula is C15H13ClN4O2S. The normalized spacial score (nSPS) is 11.8. The van der Waals surface area contributed by atoms with Gasteiger partial charge in [-0.3, -0.25) is 0 Å². The van der Waals surface area contributed by atoms with Crippen LogP contribution in [0.15, 0.2) is 46.3 Å². The van der Waals surface area contributed by atoms with E-state index in [9.17, 15) is 13.7 Å². The van der Waals surface area contributed by atoms with E-state index in [1.165, 1.54) is 18.2 Å². The highest BCUT2D eigenvalue weighted by molar-refractivity contribution is 7.95. The summed E-state index contributed by atoms with van der Waals surface area (Å²) in [5, 5.41) is 11.9. The van der Waals surface area contributed by atoms with Crippen molar-refractivity contribution in [1.29, 1.82) is 5.26 Å². The topological polar surface area (TPSA) is 95.7 Å². The Balaban J connectivity index is 2.39. The molecule has 0 unspecified atom stereocenters. The number of rotatable bonds is 4. The van der Waals surface area contributed by atoms with Crippen LogP contribution in [0.5, 0.6) is 0 Å². The Morgan fingerprint density at radius 2 is 1.87 bits per heavy atom. The van der Waals surface area contributed by atoms with Gasteiger partial charge in [0.25, 0.3) is 0 Å². The third-order valence-corrected chi connectivity index (χ3v) is 5.01. The molecule has 1 aromatic heterocycles. The Hall–Kier alpha value is -2.43. The fourth-order valence-corrected chi connectivity index (χ4v) is 3.47. The second-order valence-corrected chi connectivity index (χ2v) is 6.97. The lowest BCUT2D eigenvalue weighted by atomic mass is 10.4. The van der Waals surface area contributed by atoms with Crippen molar-refractivity contribution in [3.63, 3.8) is 0 Å². The van der Waals surface area contributed by atoms with Crippen molar-refractivity contribution in [2.45, 2.75) is 18.7 Å². The zero-order chi connectivity index (χ0) is 17.0. The fourth-order valence-electron chi connectivity index (χ4n) is 1.87. The lowest BCUT2D eigenvalue weighted by Crippen LogP contribution is -2.07. The molecule has 2 aromatic rings. The summed E-state index contributed by atoms with van der Waals surface area (Å²) >= 11 is 5.91. The van der Waals surface area contributed by atoms with Gasteiger partial charge in [0.1, 0.15) is 6.07 Å². The third-order valence-electron chi connectivity index (χ3n) is 2.84. The molecule has 0 atom stereocenters. The molecule has 6 nitrogen and oxygen atoms in total. The summed E-state index contributed by atoms with van der Waals surface area (Å²) in [6.45, 7) is 3.57. The number of anilines is 1. The summed E-state index contributed by atoms with van der Waals surface area (Å²) in [6.07, 6.45) is 1.06. The smallest absolute Gasteiger partial charge is 0.227 e. The van der Waals surface area contributed by atoms with Crippen molar-refractivity contribution in [2.24, 2.45) is 0 Å². The Bertz CT molecular complexity index is 897. The number of aromatic nitrogens is 2. The van der Waals surface area contributed by atoms with Crippen molar-refractivity contribution < 1.29 is 8.42 Å². The van der Waals surface area contributed by atoms with E-state index in [2.05, 4.69) is 15.3 Å². The van der Waals surface area contributed by atoms with E-state index in [0.717, 1.165) is 17.6 Å². The second-order valence-electron chi connectivity index (χ2n) is 4.67. The second kappa shape index (κ2) is 6.77.